The Balaban J connectivity index is 0.00000361. The van der Waals surface area contributed by atoms with E-state index in [9.17, 15) is 22.8 Å². The van der Waals surface area contributed by atoms with E-state index < -0.39 is 17.5 Å². The van der Waals surface area contributed by atoms with E-state index in [-0.39, 0.29) is 19.1 Å². The lowest BCUT2D eigenvalue weighted by molar-refractivity contribution is -0.0892. The van der Waals surface area contributed by atoms with E-state index in [0.717, 1.165) is 12.2 Å². The number of amides is 1. The fraction of sp³-hybridized carbons (Fsp3) is 0.538. The van der Waals surface area contributed by atoms with Gasteiger partial charge in [0, 0.05) is 38.4 Å². The minimum absolute atomic E-state index is 0. The van der Waals surface area contributed by atoms with Gasteiger partial charge >= 0.3 is 6.18 Å². The maximum absolute atomic E-state index is 13.1. The number of rotatable bonds is 6. The van der Waals surface area contributed by atoms with Crippen molar-refractivity contribution in [3.05, 3.63) is 53.3 Å². The average molecular weight is 494 g/mol. The topological polar surface area (TPSA) is 63.6 Å². The smallest absolute Gasteiger partial charge is 0.456 e. The Morgan fingerprint density at radius 1 is 1.14 bits per heavy atom. The van der Waals surface area contributed by atoms with Crippen LogP contribution in [0.3, 0.4) is 0 Å². The third-order valence-corrected chi connectivity index (χ3v) is 7.04. The molecule has 1 N–H and O–H groups in total. The molecule has 4 rings (SSSR count). The van der Waals surface area contributed by atoms with Crippen LogP contribution in [0.2, 0.25) is 0 Å². The molecule has 6 nitrogen and oxygen atoms in total. The highest BCUT2D eigenvalue weighted by Crippen LogP contribution is 2.40. The standard InChI is InChI=1S/C26H32F3N3O3.H2/c1-17(2)10-15-35-20-6-4-19(5-7-20)24(34)31-13-11-25(12-14-31)22-9-8-21(23(33)26(27,28)29)32(22)18(3)16-30-25;/h4-9,17-18,30H,10-16H2,1-3H3;1H. The average Bonchev–Trinajstić information content (AvgIpc) is 3.28. The number of Topliss-reactive ketones (excluding diaryl/α,β-unsaturated/α-hetero) is 1. The van der Waals surface area contributed by atoms with E-state index in [1.165, 1.54) is 10.6 Å². The summed E-state index contributed by atoms with van der Waals surface area (Å²) in [7, 11) is 0. The van der Waals surface area contributed by atoms with Gasteiger partial charge in [0.05, 0.1) is 17.8 Å². The number of aromatic nitrogens is 1. The maximum Gasteiger partial charge on any atom is 0.456 e. The van der Waals surface area contributed by atoms with Crippen molar-refractivity contribution in [2.45, 2.75) is 57.8 Å². The Morgan fingerprint density at radius 3 is 2.40 bits per heavy atom. The second-order valence-electron chi connectivity index (χ2n) is 9.96. The molecular formula is C26H34F3N3O3. The lowest BCUT2D eigenvalue weighted by Gasteiger charge is -2.47. The Kier molecular flexibility index (Phi) is 6.99. The van der Waals surface area contributed by atoms with Crippen LogP contribution in [0.15, 0.2) is 36.4 Å². The molecule has 9 heteroatoms. The molecule has 1 aromatic carbocycles. The van der Waals surface area contributed by atoms with E-state index in [1.54, 1.807) is 42.2 Å². The SMILES string of the molecule is CC(C)CCOc1ccc(C(=O)N2CCC3(CC2)NCC(C)n2c(C(=O)C(F)(F)F)ccc23)cc1.[HH]. The Bertz CT molecular complexity index is 1070. The predicted octanol–water partition coefficient (Wildman–Crippen LogP) is 5.20. The fourth-order valence-corrected chi connectivity index (χ4v) is 4.98. The third kappa shape index (κ3) is 5.10. The summed E-state index contributed by atoms with van der Waals surface area (Å²) >= 11 is 0. The summed E-state index contributed by atoms with van der Waals surface area (Å²) in [5, 5.41) is 3.50. The molecule has 1 unspecified atom stereocenters. The molecule has 0 saturated carbocycles. The summed E-state index contributed by atoms with van der Waals surface area (Å²) in [4.78, 5) is 26.8. The zero-order valence-electron chi connectivity index (χ0n) is 20.3. The molecule has 1 saturated heterocycles. The van der Waals surface area contributed by atoms with Gasteiger partial charge in [-0.1, -0.05) is 13.8 Å². The monoisotopic (exact) mass is 493 g/mol. The number of piperidine rings is 1. The second-order valence-corrected chi connectivity index (χ2v) is 9.96. The third-order valence-electron chi connectivity index (χ3n) is 7.04. The van der Waals surface area contributed by atoms with E-state index in [0.29, 0.717) is 56.3 Å². The van der Waals surface area contributed by atoms with Crippen molar-refractivity contribution in [3.63, 3.8) is 0 Å². The number of nitrogens with zero attached hydrogens (tertiary/aromatic N) is 2. The summed E-state index contributed by atoms with van der Waals surface area (Å²) < 4.78 is 46.6. The van der Waals surface area contributed by atoms with E-state index >= 15 is 0 Å². The predicted molar refractivity (Wildman–Crippen MR) is 128 cm³/mol. The first-order valence-corrected chi connectivity index (χ1v) is 12.1. The summed E-state index contributed by atoms with van der Waals surface area (Å²) in [5.41, 5.74) is 0.361. The van der Waals surface area contributed by atoms with Gasteiger partial charge in [-0.3, -0.25) is 9.59 Å². The maximum atomic E-state index is 13.1. The zero-order valence-corrected chi connectivity index (χ0v) is 20.3. The fourth-order valence-electron chi connectivity index (χ4n) is 4.98. The molecule has 1 fully saturated rings. The Labute approximate surface area is 204 Å². The molecule has 1 atom stereocenters. The molecule has 0 aliphatic carbocycles. The number of benzene rings is 1. The molecule has 2 aliphatic rings. The number of nitrogens with one attached hydrogen (secondary N) is 1. The molecule has 1 aromatic heterocycles. The highest BCUT2D eigenvalue weighted by atomic mass is 19.4. The molecule has 35 heavy (non-hydrogen) atoms. The number of ketones is 1. The summed E-state index contributed by atoms with van der Waals surface area (Å²) in [6.45, 7) is 8.06. The van der Waals surface area contributed by atoms with Crippen molar-refractivity contribution < 1.29 is 28.9 Å². The van der Waals surface area contributed by atoms with Crippen LogP contribution in [-0.2, 0) is 5.54 Å². The molecule has 1 spiro atoms. The summed E-state index contributed by atoms with van der Waals surface area (Å²) in [5.74, 6) is -0.622. The highest BCUT2D eigenvalue weighted by molar-refractivity contribution is 5.99. The van der Waals surface area contributed by atoms with Gasteiger partial charge in [0.1, 0.15) is 5.75 Å². The molecule has 0 radical (unpaired) electrons. The van der Waals surface area contributed by atoms with Crippen molar-refractivity contribution in [1.82, 2.24) is 14.8 Å². The minimum atomic E-state index is -4.92. The number of carbonyl (C=O) groups excluding carboxylic acids is 2. The van der Waals surface area contributed by atoms with Gasteiger partial charge in [-0.25, -0.2) is 0 Å². The van der Waals surface area contributed by atoms with Gasteiger partial charge < -0.3 is 19.5 Å². The largest absolute Gasteiger partial charge is 0.494 e. The van der Waals surface area contributed by atoms with Gasteiger partial charge in [0.25, 0.3) is 11.7 Å². The number of ether oxygens (including phenoxy) is 1. The number of hydrogen-bond donors (Lipinski definition) is 1. The van der Waals surface area contributed by atoms with Gasteiger partial charge in [-0.05, 0) is 68.5 Å². The zero-order chi connectivity index (χ0) is 25.4. The van der Waals surface area contributed by atoms with Crippen LogP contribution in [0.1, 0.15) is 74.0 Å². The highest BCUT2D eigenvalue weighted by Gasteiger charge is 2.47. The van der Waals surface area contributed by atoms with Crippen molar-refractivity contribution in [2.24, 2.45) is 5.92 Å². The van der Waals surface area contributed by atoms with E-state index in [1.807, 2.05) is 0 Å². The summed E-state index contributed by atoms with van der Waals surface area (Å²) in [6, 6.07) is 9.74. The summed E-state index contributed by atoms with van der Waals surface area (Å²) in [6.07, 6.45) is -2.87. The molecule has 2 aromatic rings. The van der Waals surface area contributed by atoms with Crippen molar-refractivity contribution in [3.8, 4) is 5.75 Å². The first-order valence-electron chi connectivity index (χ1n) is 12.1. The van der Waals surface area contributed by atoms with Crippen LogP contribution in [0.25, 0.3) is 0 Å². The van der Waals surface area contributed by atoms with Crippen molar-refractivity contribution in [2.75, 3.05) is 26.2 Å². The molecule has 3 heterocycles. The number of hydrogen-bond acceptors (Lipinski definition) is 4. The van der Waals surface area contributed by atoms with Crippen molar-refractivity contribution in [1.29, 1.82) is 0 Å². The molecule has 1 amide bonds. The van der Waals surface area contributed by atoms with Crippen molar-refractivity contribution >= 4 is 11.7 Å². The molecule has 2 aliphatic heterocycles. The number of fused-ring (bicyclic) bond motifs is 2. The quantitative estimate of drug-likeness (QED) is 0.562. The lowest BCUT2D eigenvalue weighted by atomic mass is 9.82. The molecule has 192 valence electrons. The Morgan fingerprint density at radius 2 is 1.80 bits per heavy atom. The second kappa shape index (κ2) is 9.68. The van der Waals surface area contributed by atoms with Crippen LogP contribution in [0.4, 0.5) is 13.2 Å². The molecule has 0 bridgehead atoms. The lowest BCUT2D eigenvalue weighted by Crippen LogP contribution is -2.57. The van der Waals surface area contributed by atoms with Crippen LogP contribution in [0, 0.1) is 5.92 Å². The van der Waals surface area contributed by atoms with Crippen LogP contribution in [0.5, 0.6) is 5.75 Å². The normalized spacial score (nSPS) is 19.6. The van der Waals surface area contributed by atoms with Gasteiger partial charge in [-0.2, -0.15) is 13.2 Å². The minimum Gasteiger partial charge on any atom is -0.494 e. The van der Waals surface area contributed by atoms with E-state index in [4.69, 9.17) is 4.74 Å². The van der Waals surface area contributed by atoms with Crippen LogP contribution < -0.4 is 10.1 Å². The van der Waals surface area contributed by atoms with Crippen LogP contribution in [-0.4, -0.2) is 53.6 Å². The molecular weight excluding hydrogens is 459 g/mol. The first kappa shape index (κ1) is 25.3. The van der Waals surface area contributed by atoms with E-state index in [2.05, 4.69) is 19.2 Å². The van der Waals surface area contributed by atoms with Gasteiger partial charge in [0.15, 0.2) is 0 Å². The first-order chi connectivity index (χ1) is 16.5. The van der Waals surface area contributed by atoms with Gasteiger partial charge in [0.2, 0.25) is 0 Å². The number of alkyl halides is 3. The number of carbonyl (C=O) groups is 2. The van der Waals surface area contributed by atoms with Crippen LogP contribution >= 0.6 is 0 Å². The number of likely N-dealkylation sites (tertiary alicyclic amines) is 1. The number of halogens is 3. The van der Waals surface area contributed by atoms with Gasteiger partial charge in [-0.15, -0.1) is 0 Å². The Hall–Kier alpha value is -2.81.